The van der Waals surface area contributed by atoms with E-state index in [2.05, 4.69) is 15.3 Å². The van der Waals surface area contributed by atoms with Crippen LogP contribution in [-0.2, 0) is 0 Å². The van der Waals surface area contributed by atoms with Crippen LogP contribution in [0.3, 0.4) is 0 Å². The van der Waals surface area contributed by atoms with Crippen LogP contribution < -0.4 is 10.9 Å². The standard InChI is InChI=1S/C9H14ClN3O/c1-9(2,5-10)6-13-7-8(14)12-4-3-11-7/h3-4H,5-6H2,1-2H3,(H,11,13)(H,12,14). The Labute approximate surface area is 87.7 Å². The predicted molar refractivity (Wildman–Crippen MR) is 57.8 cm³/mol. The van der Waals surface area contributed by atoms with E-state index in [1.165, 1.54) is 12.4 Å². The molecule has 0 aliphatic carbocycles. The molecule has 0 unspecified atom stereocenters. The van der Waals surface area contributed by atoms with E-state index in [-0.39, 0.29) is 11.0 Å². The molecule has 0 fully saturated rings. The van der Waals surface area contributed by atoms with Crippen LogP contribution in [0.5, 0.6) is 0 Å². The maximum absolute atomic E-state index is 11.2. The van der Waals surface area contributed by atoms with Gasteiger partial charge in [-0.2, -0.15) is 0 Å². The zero-order chi connectivity index (χ0) is 10.6. The number of rotatable bonds is 4. The molecule has 0 amide bonds. The zero-order valence-corrected chi connectivity index (χ0v) is 9.06. The van der Waals surface area contributed by atoms with Crippen molar-refractivity contribution in [3.8, 4) is 0 Å². The zero-order valence-electron chi connectivity index (χ0n) is 8.30. The van der Waals surface area contributed by atoms with Crippen molar-refractivity contribution in [1.29, 1.82) is 0 Å². The minimum absolute atomic E-state index is 0.0501. The van der Waals surface area contributed by atoms with Crippen LogP contribution in [0.25, 0.3) is 0 Å². The summed E-state index contributed by atoms with van der Waals surface area (Å²) >= 11 is 5.75. The van der Waals surface area contributed by atoms with Crippen molar-refractivity contribution in [3.05, 3.63) is 22.7 Å². The van der Waals surface area contributed by atoms with E-state index in [0.717, 1.165) is 0 Å². The molecule has 14 heavy (non-hydrogen) atoms. The van der Waals surface area contributed by atoms with E-state index in [9.17, 15) is 4.79 Å². The van der Waals surface area contributed by atoms with Gasteiger partial charge in [-0.25, -0.2) is 4.98 Å². The van der Waals surface area contributed by atoms with Gasteiger partial charge in [0.05, 0.1) is 0 Å². The highest BCUT2D eigenvalue weighted by atomic mass is 35.5. The fourth-order valence-electron chi connectivity index (χ4n) is 0.848. The third-order valence-electron chi connectivity index (χ3n) is 1.80. The van der Waals surface area contributed by atoms with Gasteiger partial charge in [0.2, 0.25) is 0 Å². The molecule has 0 atom stereocenters. The van der Waals surface area contributed by atoms with Crippen LogP contribution in [0.2, 0.25) is 0 Å². The molecular weight excluding hydrogens is 202 g/mol. The summed E-state index contributed by atoms with van der Waals surface area (Å²) in [5.74, 6) is 0.871. The molecule has 0 saturated carbocycles. The van der Waals surface area contributed by atoms with Crippen molar-refractivity contribution in [1.82, 2.24) is 9.97 Å². The monoisotopic (exact) mass is 215 g/mol. The first-order valence-corrected chi connectivity index (χ1v) is 4.92. The average molecular weight is 216 g/mol. The lowest BCUT2D eigenvalue weighted by atomic mass is 9.97. The molecule has 0 aromatic carbocycles. The number of nitrogens with one attached hydrogen (secondary N) is 2. The first kappa shape index (κ1) is 11.0. The van der Waals surface area contributed by atoms with Crippen molar-refractivity contribution in [3.63, 3.8) is 0 Å². The van der Waals surface area contributed by atoms with Crippen molar-refractivity contribution < 1.29 is 0 Å². The maximum Gasteiger partial charge on any atom is 0.290 e. The van der Waals surface area contributed by atoms with Crippen molar-refractivity contribution in [2.24, 2.45) is 5.41 Å². The van der Waals surface area contributed by atoms with Gasteiger partial charge in [0.1, 0.15) is 0 Å². The Morgan fingerprint density at radius 2 is 2.36 bits per heavy atom. The van der Waals surface area contributed by atoms with Gasteiger partial charge in [0.15, 0.2) is 5.82 Å². The molecular formula is C9H14ClN3O. The molecule has 0 aliphatic rings. The maximum atomic E-state index is 11.2. The van der Waals surface area contributed by atoms with Crippen LogP contribution in [0.1, 0.15) is 13.8 Å². The summed E-state index contributed by atoms with van der Waals surface area (Å²) in [6.07, 6.45) is 3.04. The van der Waals surface area contributed by atoms with Gasteiger partial charge in [-0.05, 0) is 5.41 Å². The third-order valence-corrected chi connectivity index (χ3v) is 2.53. The number of H-pyrrole nitrogens is 1. The molecule has 4 nitrogen and oxygen atoms in total. The molecule has 0 saturated heterocycles. The van der Waals surface area contributed by atoms with Gasteiger partial charge in [-0.3, -0.25) is 4.79 Å². The minimum atomic E-state index is -0.210. The first-order chi connectivity index (χ1) is 6.55. The fourth-order valence-corrected chi connectivity index (χ4v) is 0.942. The van der Waals surface area contributed by atoms with E-state index in [0.29, 0.717) is 18.2 Å². The predicted octanol–water partition coefficient (Wildman–Crippen LogP) is 1.45. The summed E-state index contributed by atoms with van der Waals surface area (Å²) in [7, 11) is 0. The molecule has 1 aromatic rings. The topological polar surface area (TPSA) is 57.8 Å². The molecule has 0 radical (unpaired) electrons. The quantitative estimate of drug-likeness (QED) is 0.748. The summed E-state index contributed by atoms with van der Waals surface area (Å²) in [5.41, 5.74) is -0.260. The Morgan fingerprint density at radius 3 is 2.93 bits per heavy atom. The number of halogens is 1. The highest BCUT2D eigenvalue weighted by molar-refractivity contribution is 6.18. The van der Waals surface area contributed by atoms with E-state index in [1.54, 1.807) is 0 Å². The summed E-state index contributed by atoms with van der Waals surface area (Å²) < 4.78 is 0. The van der Waals surface area contributed by atoms with E-state index in [4.69, 9.17) is 11.6 Å². The molecule has 0 aliphatic heterocycles. The Morgan fingerprint density at radius 1 is 1.64 bits per heavy atom. The number of aromatic nitrogens is 2. The Hall–Kier alpha value is -1.03. The van der Waals surface area contributed by atoms with Crippen molar-refractivity contribution >= 4 is 17.4 Å². The van der Waals surface area contributed by atoms with Gasteiger partial charge in [0.25, 0.3) is 5.56 Å². The minimum Gasteiger partial charge on any atom is -0.365 e. The fraction of sp³-hybridized carbons (Fsp3) is 0.556. The lowest BCUT2D eigenvalue weighted by Gasteiger charge is -2.21. The lowest BCUT2D eigenvalue weighted by molar-refractivity contribution is 0.449. The number of hydrogen-bond donors (Lipinski definition) is 2. The molecule has 1 rings (SSSR count). The largest absolute Gasteiger partial charge is 0.365 e. The van der Waals surface area contributed by atoms with Crippen LogP contribution >= 0.6 is 11.6 Å². The smallest absolute Gasteiger partial charge is 0.290 e. The third kappa shape index (κ3) is 3.03. The van der Waals surface area contributed by atoms with Gasteiger partial charge in [0, 0.05) is 24.8 Å². The van der Waals surface area contributed by atoms with Gasteiger partial charge in [-0.1, -0.05) is 13.8 Å². The summed E-state index contributed by atoms with van der Waals surface area (Å²) in [6.45, 7) is 4.66. The second-order valence-corrected chi connectivity index (χ2v) is 4.19. The second kappa shape index (κ2) is 4.46. The van der Waals surface area contributed by atoms with Gasteiger partial charge < -0.3 is 10.3 Å². The molecule has 78 valence electrons. The van der Waals surface area contributed by atoms with Crippen molar-refractivity contribution in [2.45, 2.75) is 13.8 Å². The highest BCUT2D eigenvalue weighted by Crippen LogP contribution is 2.16. The lowest BCUT2D eigenvalue weighted by Crippen LogP contribution is -2.27. The normalized spacial score (nSPS) is 11.4. The Balaban J connectivity index is 2.63. The summed E-state index contributed by atoms with van der Waals surface area (Å²) in [6, 6.07) is 0. The van der Waals surface area contributed by atoms with Crippen molar-refractivity contribution in [2.75, 3.05) is 17.7 Å². The van der Waals surface area contributed by atoms with Crippen LogP contribution in [0, 0.1) is 5.41 Å². The second-order valence-electron chi connectivity index (χ2n) is 3.92. The van der Waals surface area contributed by atoms with E-state index >= 15 is 0 Å². The molecule has 5 heteroatoms. The average Bonchev–Trinajstić information content (AvgIpc) is 2.17. The van der Waals surface area contributed by atoms with Gasteiger partial charge in [-0.15, -0.1) is 11.6 Å². The number of nitrogens with zero attached hydrogens (tertiary/aromatic N) is 1. The number of aromatic amines is 1. The summed E-state index contributed by atoms with van der Waals surface area (Å²) in [4.78, 5) is 17.7. The first-order valence-electron chi connectivity index (χ1n) is 4.39. The SMILES string of the molecule is CC(C)(CCl)CNc1ncc[nH]c1=O. The highest BCUT2D eigenvalue weighted by Gasteiger charge is 2.16. The van der Waals surface area contributed by atoms with Crippen LogP contribution in [0.15, 0.2) is 17.2 Å². The number of anilines is 1. The molecule has 1 heterocycles. The van der Waals surface area contributed by atoms with E-state index in [1.807, 2.05) is 13.8 Å². The van der Waals surface area contributed by atoms with Gasteiger partial charge >= 0.3 is 0 Å². The number of hydrogen-bond acceptors (Lipinski definition) is 3. The molecule has 0 bridgehead atoms. The summed E-state index contributed by atoms with van der Waals surface area (Å²) in [5, 5.41) is 2.96. The van der Waals surface area contributed by atoms with Crippen LogP contribution in [-0.4, -0.2) is 22.4 Å². The molecule has 0 spiro atoms. The number of alkyl halides is 1. The van der Waals surface area contributed by atoms with E-state index < -0.39 is 0 Å². The molecule has 1 aromatic heterocycles. The Bertz CT molecular complexity index is 348. The Kier molecular flexibility index (Phi) is 3.52. The van der Waals surface area contributed by atoms with Crippen LogP contribution in [0.4, 0.5) is 5.82 Å². The molecule has 2 N–H and O–H groups in total.